The second kappa shape index (κ2) is 23.5. The number of amides is 4. The van der Waals surface area contributed by atoms with Gasteiger partial charge in [-0.25, -0.2) is 8.78 Å². The molecular formula is C48H68F2N8O7. The Balaban J connectivity index is 1.09. The molecule has 356 valence electrons. The maximum absolute atomic E-state index is 14.7. The van der Waals surface area contributed by atoms with Crippen LogP contribution in [-0.2, 0) is 49.8 Å². The zero-order valence-electron chi connectivity index (χ0n) is 38.3. The smallest absolute Gasteiger partial charge is 0.245 e. The molecule has 6 rings (SSSR count). The van der Waals surface area contributed by atoms with Gasteiger partial charge >= 0.3 is 0 Å². The number of halogens is 2. The Morgan fingerprint density at radius 2 is 1.09 bits per heavy atom. The van der Waals surface area contributed by atoms with E-state index in [9.17, 15) is 38.2 Å². The van der Waals surface area contributed by atoms with Gasteiger partial charge in [0, 0.05) is 85.7 Å². The maximum atomic E-state index is 14.7. The Bertz CT molecular complexity index is 2090. The van der Waals surface area contributed by atoms with Crippen LogP contribution >= 0.6 is 0 Å². The second-order valence-corrected chi connectivity index (χ2v) is 17.3. The third-order valence-electron chi connectivity index (χ3n) is 13.2. The normalized spacial score (nSPS) is 18.3. The standard InChI is InChI=1S/C48H68F2N8O7/c1-5-39(51-3)45(61)53-41(15-21-59)47(63)57-17-7-9-35(57)25-31-29-55(43-13-11-33(49)27-37(31)43)19-23-65-24-20-56-30-32(38-28-34(50)12-14-44(38)56)26-36-10-8-18-58(36)48(64)42(16-22-60)54-46(62)40(6-2)52-4/h11-14,27-30,35-36,39-42,51-52,59-60H,5-10,15-26H2,1-4H3,(H,53,61)(H,54,62)/t35-,36-,39-,40-,41-,42-/m0/s1. The van der Waals surface area contributed by atoms with Crippen molar-refractivity contribution in [1.82, 2.24) is 40.2 Å². The monoisotopic (exact) mass is 907 g/mol. The molecule has 0 spiro atoms. The number of hydrogen-bond donors (Lipinski definition) is 6. The highest BCUT2D eigenvalue weighted by Crippen LogP contribution is 2.31. The summed E-state index contributed by atoms with van der Waals surface area (Å²) in [5.74, 6) is -1.75. The van der Waals surface area contributed by atoms with E-state index in [0.29, 0.717) is 65.1 Å². The predicted octanol–water partition coefficient (Wildman–Crippen LogP) is 3.39. The number of nitrogens with one attached hydrogen (secondary N) is 4. The van der Waals surface area contributed by atoms with Crippen LogP contribution < -0.4 is 21.3 Å². The zero-order chi connectivity index (χ0) is 46.6. The van der Waals surface area contributed by atoms with Crippen LogP contribution in [0.5, 0.6) is 0 Å². The van der Waals surface area contributed by atoms with Gasteiger partial charge in [0.1, 0.15) is 23.7 Å². The first-order chi connectivity index (χ1) is 31.4. The lowest BCUT2D eigenvalue weighted by Crippen LogP contribution is -2.54. The van der Waals surface area contributed by atoms with E-state index in [1.165, 1.54) is 24.3 Å². The summed E-state index contributed by atoms with van der Waals surface area (Å²) in [5.41, 5.74) is 3.50. The largest absolute Gasteiger partial charge is 0.396 e. The molecule has 2 aliphatic heterocycles. The molecule has 2 aromatic carbocycles. The molecule has 0 aliphatic carbocycles. The summed E-state index contributed by atoms with van der Waals surface area (Å²) in [6.07, 6.45) is 9.41. The molecular weight excluding hydrogens is 839 g/mol. The lowest BCUT2D eigenvalue weighted by atomic mass is 10.0. The molecule has 0 radical (unpaired) electrons. The van der Waals surface area contributed by atoms with Crippen LogP contribution in [0.25, 0.3) is 21.8 Å². The minimum atomic E-state index is -0.855. The summed E-state index contributed by atoms with van der Waals surface area (Å²) in [7, 11) is 3.39. The van der Waals surface area contributed by atoms with E-state index in [1.54, 1.807) is 36.0 Å². The average Bonchev–Trinajstić information content (AvgIpc) is 4.10. The number of aliphatic hydroxyl groups is 2. The summed E-state index contributed by atoms with van der Waals surface area (Å²) in [5, 5.41) is 32.7. The van der Waals surface area contributed by atoms with Gasteiger partial charge in [0.25, 0.3) is 0 Å². The number of fused-ring (bicyclic) bond motifs is 2. The van der Waals surface area contributed by atoms with Gasteiger partial charge in [-0.2, -0.15) is 0 Å². The summed E-state index contributed by atoms with van der Waals surface area (Å²) in [4.78, 5) is 57.1. The Kier molecular flexibility index (Phi) is 17.9. The Labute approximate surface area is 380 Å². The van der Waals surface area contributed by atoms with Crippen molar-refractivity contribution < 1.29 is 42.9 Å². The van der Waals surface area contributed by atoms with Crippen LogP contribution in [0.15, 0.2) is 48.8 Å². The van der Waals surface area contributed by atoms with Crippen LogP contribution in [0.1, 0.15) is 76.3 Å². The number of rotatable bonds is 24. The van der Waals surface area contributed by atoms with Gasteiger partial charge in [-0.3, -0.25) is 19.2 Å². The number of benzene rings is 2. The highest BCUT2D eigenvalue weighted by molar-refractivity contribution is 5.91. The number of carbonyl (C=O) groups excluding carboxylic acids is 4. The predicted molar refractivity (Wildman–Crippen MR) is 245 cm³/mol. The number of hydrogen-bond acceptors (Lipinski definition) is 9. The Hall–Kier alpha value is -4.94. The van der Waals surface area contributed by atoms with Crippen LogP contribution in [0.3, 0.4) is 0 Å². The van der Waals surface area contributed by atoms with Crippen molar-refractivity contribution in [2.45, 2.75) is 127 Å². The van der Waals surface area contributed by atoms with E-state index in [2.05, 4.69) is 21.3 Å². The summed E-state index contributed by atoms with van der Waals surface area (Å²) >= 11 is 0. The van der Waals surface area contributed by atoms with Crippen molar-refractivity contribution in [3.63, 3.8) is 0 Å². The lowest BCUT2D eigenvalue weighted by Gasteiger charge is -2.30. The van der Waals surface area contributed by atoms with Crippen molar-refractivity contribution in [1.29, 1.82) is 0 Å². The topological polar surface area (TPSA) is 182 Å². The lowest BCUT2D eigenvalue weighted by molar-refractivity contribution is -0.138. The molecule has 17 heteroatoms. The van der Waals surface area contributed by atoms with Gasteiger partial charge in [-0.15, -0.1) is 0 Å². The molecule has 65 heavy (non-hydrogen) atoms. The fourth-order valence-electron chi connectivity index (χ4n) is 9.75. The van der Waals surface area contributed by atoms with Crippen molar-refractivity contribution in [2.24, 2.45) is 0 Å². The van der Waals surface area contributed by atoms with Gasteiger partial charge in [0.2, 0.25) is 23.6 Å². The molecule has 6 atom stereocenters. The van der Waals surface area contributed by atoms with E-state index in [1.807, 2.05) is 35.4 Å². The number of aromatic nitrogens is 2. The minimum absolute atomic E-state index is 0.105. The van der Waals surface area contributed by atoms with Crippen molar-refractivity contribution in [3.05, 3.63) is 71.6 Å². The second-order valence-electron chi connectivity index (χ2n) is 17.3. The van der Waals surface area contributed by atoms with E-state index in [4.69, 9.17) is 4.74 Å². The van der Waals surface area contributed by atoms with Crippen LogP contribution in [0.4, 0.5) is 8.78 Å². The highest BCUT2D eigenvalue weighted by Gasteiger charge is 2.36. The molecule has 0 unspecified atom stereocenters. The van der Waals surface area contributed by atoms with Crippen molar-refractivity contribution in [3.8, 4) is 0 Å². The number of nitrogens with zero attached hydrogens (tertiary/aromatic N) is 4. The first-order valence-corrected chi connectivity index (χ1v) is 23.3. The minimum Gasteiger partial charge on any atom is -0.396 e. The number of likely N-dealkylation sites (tertiary alicyclic amines) is 2. The highest BCUT2D eigenvalue weighted by atomic mass is 19.1. The van der Waals surface area contributed by atoms with Crippen LogP contribution in [-0.4, -0.2) is 143 Å². The van der Waals surface area contributed by atoms with E-state index in [0.717, 1.165) is 58.6 Å². The SMILES string of the molecule is CC[C@H](NC)C(=O)N[C@@H](CCO)C(=O)N1CCC[C@H]1Cc1cn(CCOCCn2cc(C[C@@H]3CCCN3C(=O)[C@H](CCO)NC(=O)[C@H](CC)NC)c3cc(F)ccc32)c2ccc(F)cc12. The fourth-order valence-corrected chi connectivity index (χ4v) is 9.75. The Morgan fingerprint density at radius 3 is 1.46 bits per heavy atom. The van der Waals surface area contributed by atoms with Gasteiger partial charge in [0.05, 0.1) is 25.3 Å². The molecule has 2 saturated heterocycles. The van der Waals surface area contributed by atoms with E-state index in [-0.39, 0.29) is 73.4 Å². The maximum Gasteiger partial charge on any atom is 0.245 e. The van der Waals surface area contributed by atoms with Crippen LogP contribution in [0, 0.1) is 11.6 Å². The molecule has 15 nitrogen and oxygen atoms in total. The van der Waals surface area contributed by atoms with Gasteiger partial charge in [-0.05, 0) is 126 Å². The van der Waals surface area contributed by atoms with Gasteiger partial charge in [0.15, 0.2) is 0 Å². The molecule has 0 saturated carbocycles. The van der Waals surface area contributed by atoms with Gasteiger partial charge < -0.3 is 55.2 Å². The molecule has 6 N–H and O–H groups in total. The molecule has 4 amide bonds. The average molecular weight is 907 g/mol. The van der Waals surface area contributed by atoms with Crippen molar-refractivity contribution >= 4 is 45.4 Å². The van der Waals surface area contributed by atoms with Crippen LogP contribution in [0.2, 0.25) is 0 Å². The number of aliphatic hydroxyl groups excluding tert-OH is 2. The summed E-state index contributed by atoms with van der Waals surface area (Å²) in [6, 6.07) is 6.49. The van der Waals surface area contributed by atoms with Crippen molar-refractivity contribution in [2.75, 3.05) is 53.6 Å². The molecule has 2 aromatic heterocycles. The van der Waals surface area contributed by atoms with E-state index >= 15 is 0 Å². The van der Waals surface area contributed by atoms with E-state index < -0.39 is 24.2 Å². The number of ether oxygens (including phenoxy) is 1. The summed E-state index contributed by atoms with van der Waals surface area (Å²) in [6.45, 7) is 6.03. The Morgan fingerprint density at radius 1 is 0.677 bits per heavy atom. The molecule has 4 heterocycles. The zero-order valence-corrected chi connectivity index (χ0v) is 38.3. The first-order valence-electron chi connectivity index (χ1n) is 23.3. The molecule has 4 aromatic rings. The molecule has 2 aliphatic rings. The summed E-state index contributed by atoms with van der Waals surface area (Å²) < 4.78 is 39.7. The molecule has 0 bridgehead atoms. The third kappa shape index (κ3) is 11.9. The molecule has 2 fully saturated rings. The van der Waals surface area contributed by atoms with Gasteiger partial charge in [-0.1, -0.05) is 13.8 Å². The fraction of sp³-hybridized carbons (Fsp3) is 0.583. The third-order valence-corrected chi connectivity index (χ3v) is 13.2. The first kappa shape index (κ1) is 49.5. The quantitative estimate of drug-likeness (QED) is 0.0575. The number of carbonyl (C=O) groups is 4. The number of likely N-dealkylation sites (N-methyl/N-ethyl adjacent to an activating group) is 2.